The van der Waals surface area contributed by atoms with Crippen molar-refractivity contribution in [2.24, 2.45) is 11.8 Å². The van der Waals surface area contributed by atoms with E-state index in [1.54, 1.807) is 0 Å². The van der Waals surface area contributed by atoms with Gasteiger partial charge in [-0.3, -0.25) is 4.79 Å². The first-order valence-electron chi connectivity index (χ1n) is 10.8. The molecule has 0 aromatic heterocycles. The molecule has 0 saturated heterocycles. The zero-order valence-corrected chi connectivity index (χ0v) is 17.2. The molecule has 1 aliphatic carbocycles. The Bertz CT molecular complexity index is 454. The number of carbonyl (C=O) groups excluding carboxylic acids is 1. The molecule has 1 unspecified atom stereocenters. The van der Waals surface area contributed by atoms with E-state index in [0.29, 0.717) is 24.5 Å². The SMILES string of the molecule is CCCCCCCC[C@H]1CCC(=O)[C@@H]1CCCCOC(O)(OCCO)C(=O)O. The molecular formula is C21H38O7. The van der Waals surface area contributed by atoms with E-state index in [2.05, 4.69) is 11.7 Å². The van der Waals surface area contributed by atoms with Crippen molar-refractivity contribution in [2.75, 3.05) is 19.8 Å². The fraction of sp³-hybridized carbons (Fsp3) is 0.905. The smallest absolute Gasteiger partial charge is 0.395 e. The summed E-state index contributed by atoms with van der Waals surface area (Å²) in [7, 11) is 0. The van der Waals surface area contributed by atoms with E-state index in [4.69, 9.17) is 14.9 Å². The molecule has 0 aromatic rings. The molecule has 1 aliphatic rings. The lowest BCUT2D eigenvalue weighted by atomic mass is 9.86. The van der Waals surface area contributed by atoms with Gasteiger partial charge in [0.2, 0.25) is 0 Å². The van der Waals surface area contributed by atoms with Crippen LogP contribution >= 0.6 is 0 Å². The maximum Gasteiger partial charge on any atom is 0.395 e. The summed E-state index contributed by atoms with van der Waals surface area (Å²) in [5, 5.41) is 27.5. The summed E-state index contributed by atoms with van der Waals surface area (Å²) in [6.07, 6.45) is 12.4. The van der Waals surface area contributed by atoms with Crippen LogP contribution in [0.15, 0.2) is 0 Å². The molecule has 3 N–H and O–H groups in total. The van der Waals surface area contributed by atoms with Crippen molar-refractivity contribution >= 4 is 11.8 Å². The van der Waals surface area contributed by atoms with Crippen LogP contribution in [0.25, 0.3) is 0 Å². The second-order valence-electron chi connectivity index (χ2n) is 7.73. The topological polar surface area (TPSA) is 113 Å². The molecule has 0 heterocycles. The van der Waals surface area contributed by atoms with Crippen LogP contribution in [0.2, 0.25) is 0 Å². The number of carboxylic acids is 1. The minimum atomic E-state index is -2.73. The lowest BCUT2D eigenvalue weighted by Crippen LogP contribution is -2.45. The third-order valence-electron chi connectivity index (χ3n) is 5.54. The Labute approximate surface area is 168 Å². The van der Waals surface area contributed by atoms with Crippen LogP contribution in [0, 0.1) is 11.8 Å². The van der Waals surface area contributed by atoms with E-state index >= 15 is 0 Å². The fourth-order valence-corrected chi connectivity index (χ4v) is 3.93. The van der Waals surface area contributed by atoms with Crippen LogP contribution in [0.1, 0.15) is 84.0 Å². The van der Waals surface area contributed by atoms with E-state index in [0.717, 1.165) is 25.7 Å². The minimum Gasteiger partial charge on any atom is -0.475 e. The number of aliphatic hydroxyl groups excluding tert-OH is 1. The molecule has 28 heavy (non-hydrogen) atoms. The number of Topliss-reactive ketones (excluding diaryl/α,β-unsaturated/α-hetero) is 1. The molecule has 0 aliphatic heterocycles. The standard InChI is InChI=1S/C21H38O7/c1-2-3-4-5-6-7-10-17-12-13-19(23)18(17)11-8-9-15-27-21(26,20(24)25)28-16-14-22/h17-18,22,26H,2-16H2,1H3,(H,24,25)/t17-,18+,21?/m0/s1. The van der Waals surface area contributed by atoms with E-state index in [1.165, 1.54) is 38.5 Å². The van der Waals surface area contributed by atoms with Gasteiger partial charge in [-0.2, -0.15) is 0 Å². The molecule has 0 bridgehead atoms. The van der Waals surface area contributed by atoms with Gasteiger partial charge >= 0.3 is 11.9 Å². The Morgan fingerprint density at radius 2 is 1.68 bits per heavy atom. The molecule has 7 heteroatoms. The second-order valence-corrected chi connectivity index (χ2v) is 7.73. The fourth-order valence-electron chi connectivity index (χ4n) is 3.93. The third-order valence-corrected chi connectivity index (χ3v) is 5.54. The van der Waals surface area contributed by atoms with Crippen molar-refractivity contribution in [2.45, 2.75) is 89.9 Å². The highest BCUT2D eigenvalue weighted by Gasteiger charge is 2.39. The van der Waals surface area contributed by atoms with E-state index < -0.39 is 18.5 Å². The van der Waals surface area contributed by atoms with E-state index in [-0.39, 0.29) is 19.1 Å². The van der Waals surface area contributed by atoms with Gasteiger partial charge in [-0.1, -0.05) is 51.9 Å². The third kappa shape index (κ3) is 8.99. The number of aliphatic carboxylic acids is 1. The summed E-state index contributed by atoms with van der Waals surface area (Å²) in [6.45, 7) is 1.48. The predicted octanol–water partition coefficient (Wildman–Crippen LogP) is 3.26. The van der Waals surface area contributed by atoms with Gasteiger partial charge in [0.1, 0.15) is 5.78 Å². The molecule has 3 atom stereocenters. The maximum absolute atomic E-state index is 12.2. The Balaban J connectivity index is 2.26. The molecule has 0 amide bonds. The van der Waals surface area contributed by atoms with Gasteiger partial charge in [-0.15, -0.1) is 0 Å². The van der Waals surface area contributed by atoms with Crippen LogP contribution in [-0.4, -0.2) is 52.9 Å². The number of carbonyl (C=O) groups is 2. The Morgan fingerprint density at radius 1 is 1.04 bits per heavy atom. The van der Waals surface area contributed by atoms with Gasteiger partial charge in [-0.25, -0.2) is 4.79 Å². The van der Waals surface area contributed by atoms with Crippen LogP contribution in [0.3, 0.4) is 0 Å². The zero-order valence-electron chi connectivity index (χ0n) is 17.2. The molecule has 7 nitrogen and oxygen atoms in total. The highest BCUT2D eigenvalue weighted by molar-refractivity contribution is 5.83. The molecule has 0 spiro atoms. The summed E-state index contributed by atoms with van der Waals surface area (Å²) >= 11 is 0. The minimum absolute atomic E-state index is 0.0111. The molecule has 1 fully saturated rings. The first kappa shape index (κ1) is 25.0. The summed E-state index contributed by atoms with van der Waals surface area (Å²) in [4.78, 5) is 23.2. The number of rotatable bonds is 17. The van der Waals surface area contributed by atoms with Gasteiger partial charge < -0.3 is 24.8 Å². The first-order valence-corrected chi connectivity index (χ1v) is 10.8. The molecule has 0 aromatic carbocycles. The van der Waals surface area contributed by atoms with Crippen LogP contribution in [-0.2, 0) is 19.1 Å². The highest BCUT2D eigenvalue weighted by Crippen LogP contribution is 2.36. The Hall–Kier alpha value is -1.02. The van der Waals surface area contributed by atoms with E-state index in [1.807, 2.05) is 0 Å². The van der Waals surface area contributed by atoms with Crippen molar-refractivity contribution in [1.29, 1.82) is 0 Å². The first-order chi connectivity index (χ1) is 13.4. The number of aliphatic hydroxyl groups is 2. The number of ketones is 1. The quantitative estimate of drug-likeness (QED) is 0.253. The normalized spacial score (nSPS) is 21.8. The monoisotopic (exact) mass is 402 g/mol. The number of carboxylic acid groups (broad SMARTS) is 1. The van der Waals surface area contributed by atoms with E-state index in [9.17, 15) is 14.7 Å². The summed E-state index contributed by atoms with van der Waals surface area (Å²) in [6, 6.07) is 0. The van der Waals surface area contributed by atoms with Gasteiger partial charge in [-0.05, 0) is 31.6 Å². The van der Waals surface area contributed by atoms with Crippen molar-refractivity contribution < 1.29 is 34.4 Å². The number of hydrogen-bond donors (Lipinski definition) is 3. The maximum atomic E-state index is 12.2. The summed E-state index contributed by atoms with van der Waals surface area (Å²) < 4.78 is 9.62. The molecule has 1 saturated carbocycles. The zero-order chi connectivity index (χ0) is 20.8. The molecular weight excluding hydrogens is 364 g/mol. The molecule has 0 radical (unpaired) electrons. The predicted molar refractivity (Wildman–Crippen MR) is 105 cm³/mol. The average molecular weight is 403 g/mol. The average Bonchev–Trinajstić information content (AvgIpc) is 3.02. The number of hydrogen-bond acceptors (Lipinski definition) is 6. The van der Waals surface area contributed by atoms with Crippen molar-refractivity contribution in [3.63, 3.8) is 0 Å². The Morgan fingerprint density at radius 3 is 2.36 bits per heavy atom. The lowest BCUT2D eigenvalue weighted by Gasteiger charge is -2.23. The lowest BCUT2D eigenvalue weighted by molar-refractivity contribution is -0.345. The van der Waals surface area contributed by atoms with Crippen LogP contribution in [0.4, 0.5) is 0 Å². The largest absolute Gasteiger partial charge is 0.475 e. The van der Waals surface area contributed by atoms with Crippen LogP contribution < -0.4 is 0 Å². The van der Waals surface area contributed by atoms with Gasteiger partial charge in [0.15, 0.2) is 0 Å². The molecule has 1 rings (SSSR count). The van der Waals surface area contributed by atoms with Crippen molar-refractivity contribution in [3.05, 3.63) is 0 Å². The van der Waals surface area contributed by atoms with Crippen LogP contribution in [0.5, 0.6) is 0 Å². The van der Waals surface area contributed by atoms with Gasteiger partial charge in [0.25, 0.3) is 0 Å². The van der Waals surface area contributed by atoms with Gasteiger partial charge in [0, 0.05) is 12.3 Å². The Kier molecular flexibility index (Phi) is 12.5. The van der Waals surface area contributed by atoms with Crippen molar-refractivity contribution in [1.82, 2.24) is 0 Å². The highest BCUT2D eigenvalue weighted by atomic mass is 16.8. The number of unbranched alkanes of at least 4 members (excludes halogenated alkanes) is 6. The van der Waals surface area contributed by atoms with Gasteiger partial charge in [0.05, 0.1) is 19.8 Å². The number of ether oxygens (including phenoxy) is 2. The molecule has 164 valence electrons. The van der Waals surface area contributed by atoms with Crippen molar-refractivity contribution in [3.8, 4) is 0 Å². The second kappa shape index (κ2) is 14.0. The summed E-state index contributed by atoms with van der Waals surface area (Å²) in [5.41, 5.74) is 0. The summed E-state index contributed by atoms with van der Waals surface area (Å²) in [5.74, 6) is -3.44.